The number of ether oxygens (including phenoxy) is 1. The molecule has 0 aliphatic carbocycles. The Morgan fingerprint density at radius 2 is 2.24 bits per heavy atom. The predicted molar refractivity (Wildman–Crippen MR) is 67.5 cm³/mol. The molecule has 0 bridgehead atoms. The molecule has 1 amide bonds. The molecule has 0 N–H and O–H groups in total. The number of esters is 1. The molecule has 1 aromatic rings. The van der Waals surface area contributed by atoms with Gasteiger partial charge in [-0.15, -0.1) is 11.3 Å². The number of amides is 1. The van der Waals surface area contributed by atoms with Gasteiger partial charge in [0.1, 0.15) is 4.88 Å². The summed E-state index contributed by atoms with van der Waals surface area (Å²) < 4.78 is 4.61. The summed E-state index contributed by atoms with van der Waals surface area (Å²) in [5.74, 6) is -0.865. The number of carbonyl (C=O) groups excluding carboxylic acids is 2. The van der Waals surface area contributed by atoms with Crippen molar-refractivity contribution >= 4 is 34.8 Å². The fourth-order valence-electron chi connectivity index (χ4n) is 1.39. The van der Waals surface area contributed by atoms with E-state index in [1.807, 2.05) is 0 Å². The van der Waals surface area contributed by atoms with Crippen LogP contribution in [0.5, 0.6) is 0 Å². The number of carbonyl (C=O) groups is 2. The molecule has 0 saturated heterocycles. The first-order chi connectivity index (χ1) is 7.97. The lowest BCUT2D eigenvalue weighted by Gasteiger charge is -2.19. The average molecular weight is 276 g/mol. The number of halogens is 1. The monoisotopic (exact) mass is 275 g/mol. The van der Waals surface area contributed by atoms with Crippen molar-refractivity contribution < 1.29 is 14.3 Å². The van der Waals surface area contributed by atoms with Gasteiger partial charge in [-0.2, -0.15) is 0 Å². The highest BCUT2D eigenvalue weighted by Gasteiger charge is 2.21. The Morgan fingerprint density at radius 3 is 2.71 bits per heavy atom. The van der Waals surface area contributed by atoms with E-state index < -0.39 is 0 Å². The molecule has 94 valence electrons. The molecule has 0 aromatic carbocycles. The minimum atomic E-state index is -0.354. The van der Waals surface area contributed by atoms with Crippen molar-refractivity contribution in [1.82, 2.24) is 4.90 Å². The third-order valence-electron chi connectivity index (χ3n) is 2.31. The highest BCUT2D eigenvalue weighted by Crippen LogP contribution is 2.23. The molecule has 1 aromatic heterocycles. The van der Waals surface area contributed by atoms with Crippen molar-refractivity contribution in [2.24, 2.45) is 5.92 Å². The SMILES string of the molecule is COC(=O)C(C)CN(C)C(=O)c1sccc1Cl. The molecule has 0 spiro atoms. The summed E-state index contributed by atoms with van der Waals surface area (Å²) in [5, 5.41) is 2.20. The Balaban J connectivity index is 2.65. The summed E-state index contributed by atoms with van der Waals surface area (Å²) in [6, 6.07) is 1.68. The maximum absolute atomic E-state index is 12.0. The fraction of sp³-hybridized carbons (Fsp3) is 0.455. The maximum Gasteiger partial charge on any atom is 0.310 e. The molecular weight excluding hydrogens is 262 g/mol. The van der Waals surface area contributed by atoms with Gasteiger partial charge in [0, 0.05) is 13.6 Å². The van der Waals surface area contributed by atoms with Crippen molar-refractivity contribution in [2.45, 2.75) is 6.92 Å². The summed E-state index contributed by atoms with van der Waals surface area (Å²) in [6.07, 6.45) is 0. The van der Waals surface area contributed by atoms with E-state index in [1.165, 1.54) is 23.3 Å². The van der Waals surface area contributed by atoms with Gasteiger partial charge in [0.25, 0.3) is 5.91 Å². The Morgan fingerprint density at radius 1 is 1.59 bits per heavy atom. The van der Waals surface area contributed by atoms with E-state index in [-0.39, 0.29) is 17.8 Å². The second-order valence-corrected chi connectivity index (χ2v) is 5.03. The molecule has 1 rings (SSSR count). The zero-order valence-electron chi connectivity index (χ0n) is 9.90. The van der Waals surface area contributed by atoms with Crippen LogP contribution in [-0.4, -0.2) is 37.5 Å². The van der Waals surface area contributed by atoms with Crippen molar-refractivity contribution in [1.29, 1.82) is 0 Å². The summed E-state index contributed by atoms with van der Waals surface area (Å²) in [4.78, 5) is 25.2. The van der Waals surface area contributed by atoms with Crippen LogP contribution in [0, 0.1) is 5.92 Å². The number of hydrogen-bond donors (Lipinski definition) is 0. The summed E-state index contributed by atoms with van der Waals surface area (Å²) in [7, 11) is 2.97. The van der Waals surface area contributed by atoms with Crippen LogP contribution in [-0.2, 0) is 9.53 Å². The minimum Gasteiger partial charge on any atom is -0.469 e. The lowest BCUT2D eigenvalue weighted by Crippen LogP contribution is -2.33. The minimum absolute atomic E-state index is 0.180. The summed E-state index contributed by atoms with van der Waals surface area (Å²) in [5.41, 5.74) is 0. The Bertz CT molecular complexity index is 419. The van der Waals surface area contributed by atoms with Crippen LogP contribution in [0.15, 0.2) is 11.4 Å². The van der Waals surface area contributed by atoms with Crippen LogP contribution in [0.2, 0.25) is 5.02 Å². The molecule has 0 radical (unpaired) electrons. The average Bonchev–Trinajstić information content (AvgIpc) is 2.73. The van der Waals surface area contributed by atoms with Gasteiger partial charge in [0.05, 0.1) is 18.1 Å². The first kappa shape index (κ1) is 14.0. The summed E-state index contributed by atoms with van der Waals surface area (Å²) in [6.45, 7) is 2.02. The van der Waals surface area contributed by atoms with Crippen molar-refractivity contribution in [3.8, 4) is 0 Å². The van der Waals surface area contributed by atoms with Gasteiger partial charge < -0.3 is 9.64 Å². The largest absolute Gasteiger partial charge is 0.469 e. The number of methoxy groups -OCH3 is 1. The number of thiophene rings is 1. The van der Waals surface area contributed by atoms with Gasteiger partial charge in [0.2, 0.25) is 0 Å². The standard InChI is InChI=1S/C11H14ClNO3S/c1-7(11(15)16-3)6-13(2)10(14)9-8(12)4-5-17-9/h4-5,7H,6H2,1-3H3. The van der Waals surface area contributed by atoms with Crippen LogP contribution >= 0.6 is 22.9 Å². The lowest BCUT2D eigenvalue weighted by molar-refractivity contribution is -0.145. The van der Waals surface area contributed by atoms with Gasteiger partial charge in [-0.3, -0.25) is 9.59 Å². The van der Waals surface area contributed by atoms with Crippen molar-refractivity contribution in [3.63, 3.8) is 0 Å². The third kappa shape index (κ3) is 3.44. The predicted octanol–water partition coefficient (Wildman–Crippen LogP) is 2.28. The van der Waals surface area contributed by atoms with Crippen LogP contribution in [0.1, 0.15) is 16.6 Å². The molecule has 0 aliphatic rings. The van der Waals surface area contributed by atoms with Crippen LogP contribution in [0.25, 0.3) is 0 Å². The zero-order chi connectivity index (χ0) is 13.0. The van der Waals surface area contributed by atoms with E-state index in [9.17, 15) is 9.59 Å². The smallest absolute Gasteiger partial charge is 0.310 e. The van der Waals surface area contributed by atoms with E-state index in [1.54, 1.807) is 25.4 Å². The normalized spacial score (nSPS) is 12.0. The lowest BCUT2D eigenvalue weighted by atomic mass is 10.2. The quantitative estimate of drug-likeness (QED) is 0.792. The fourth-order valence-corrected chi connectivity index (χ4v) is 2.52. The molecular formula is C11H14ClNO3S. The Kier molecular flexibility index (Phi) is 4.96. The van der Waals surface area contributed by atoms with Gasteiger partial charge in [-0.25, -0.2) is 0 Å². The highest BCUT2D eigenvalue weighted by molar-refractivity contribution is 7.12. The molecule has 0 aliphatic heterocycles. The molecule has 4 nitrogen and oxygen atoms in total. The van der Waals surface area contributed by atoms with E-state index in [4.69, 9.17) is 11.6 Å². The molecule has 1 heterocycles. The van der Waals surface area contributed by atoms with Gasteiger partial charge in [-0.1, -0.05) is 18.5 Å². The van der Waals surface area contributed by atoms with Gasteiger partial charge in [0.15, 0.2) is 0 Å². The Hall–Kier alpha value is -1.07. The molecule has 17 heavy (non-hydrogen) atoms. The van der Waals surface area contributed by atoms with Crippen molar-refractivity contribution in [2.75, 3.05) is 20.7 Å². The Labute approximate surface area is 109 Å². The number of hydrogen-bond acceptors (Lipinski definition) is 4. The van der Waals surface area contributed by atoms with E-state index in [2.05, 4.69) is 4.74 Å². The molecule has 6 heteroatoms. The van der Waals surface area contributed by atoms with Gasteiger partial charge in [-0.05, 0) is 11.4 Å². The molecule has 1 atom stereocenters. The summed E-state index contributed by atoms with van der Waals surface area (Å²) >= 11 is 7.16. The van der Waals surface area contributed by atoms with Gasteiger partial charge >= 0.3 is 5.97 Å². The topological polar surface area (TPSA) is 46.6 Å². The second-order valence-electron chi connectivity index (χ2n) is 3.71. The number of rotatable bonds is 4. The first-order valence-electron chi connectivity index (χ1n) is 5.03. The number of nitrogens with zero attached hydrogens (tertiary/aromatic N) is 1. The second kappa shape index (κ2) is 6.02. The van der Waals surface area contributed by atoms with E-state index in [0.29, 0.717) is 16.4 Å². The molecule has 0 fully saturated rings. The maximum atomic E-state index is 12.0. The zero-order valence-corrected chi connectivity index (χ0v) is 11.5. The van der Waals surface area contributed by atoms with E-state index >= 15 is 0 Å². The first-order valence-corrected chi connectivity index (χ1v) is 6.29. The third-order valence-corrected chi connectivity index (χ3v) is 3.64. The van der Waals surface area contributed by atoms with Crippen LogP contribution < -0.4 is 0 Å². The molecule has 0 saturated carbocycles. The molecule has 1 unspecified atom stereocenters. The van der Waals surface area contributed by atoms with Crippen LogP contribution in [0.3, 0.4) is 0 Å². The van der Waals surface area contributed by atoms with E-state index in [0.717, 1.165) is 0 Å². The van der Waals surface area contributed by atoms with Crippen molar-refractivity contribution in [3.05, 3.63) is 21.3 Å². The highest BCUT2D eigenvalue weighted by atomic mass is 35.5. The van der Waals surface area contributed by atoms with Crippen LogP contribution in [0.4, 0.5) is 0 Å².